The third kappa shape index (κ3) is 6.70. The molecular weight excluding hydrogens is 767 g/mol. The van der Waals surface area contributed by atoms with Gasteiger partial charge in [-0.05, 0) is 82.0 Å². The van der Waals surface area contributed by atoms with E-state index in [-0.39, 0.29) is 17.9 Å². The number of hydrogen-bond donors (Lipinski definition) is 1. The lowest BCUT2D eigenvalue weighted by Crippen LogP contribution is -2.34. The van der Waals surface area contributed by atoms with E-state index in [1.165, 1.54) is 65.8 Å². The quantitative estimate of drug-likeness (QED) is 0.174. The third-order valence-electron chi connectivity index (χ3n) is 12.9. The molecule has 5 heteroatoms. The normalized spacial score (nSPS) is 17.7. The molecule has 0 saturated carbocycles. The van der Waals surface area contributed by atoms with Gasteiger partial charge in [0.1, 0.15) is 5.82 Å². The first kappa shape index (κ1) is 36.9. The summed E-state index contributed by atoms with van der Waals surface area (Å²) in [6, 6.07) is 62.6. The molecular formula is C58H43N5. The van der Waals surface area contributed by atoms with E-state index in [9.17, 15) is 0 Å². The Balaban J connectivity index is 0.888. The van der Waals surface area contributed by atoms with Crippen molar-refractivity contribution in [1.82, 2.24) is 19.5 Å². The molecule has 7 aromatic carbocycles. The maximum Gasteiger partial charge on any atom is 0.163 e. The Morgan fingerprint density at radius 3 is 1.84 bits per heavy atom. The second kappa shape index (κ2) is 15.5. The van der Waals surface area contributed by atoms with Gasteiger partial charge in [-0.15, -0.1) is 0 Å². The number of hydrogen-bond acceptors (Lipinski definition) is 4. The van der Waals surface area contributed by atoms with Gasteiger partial charge in [0, 0.05) is 50.7 Å². The number of allylic oxidation sites excluding steroid dienone is 4. The van der Waals surface area contributed by atoms with Crippen LogP contribution in [0.3, 0.4) is 0 Å². The van der Waals surface area contributed by atoms with Gasteiger partial charge in [-0.2, -0.15) is 0 Å². The lowest BCUT2D eigenvalue weighted by Gasteiger charge is -2.29. The molecule has 0 bridgehead atoms. The summed E-state index contributed by atoms with van der Waals surface area (Å²) in [4.78, 5) is 15.5. The van der Waals surface area contributed by atoms with Gasteiger partial charge in [0.15, 0.2) is 11.6 Å². The van der Waals surface area contributed by atoms with E-state index >= 15 is 0 Å². The fraction of sp³-hybridized carbons (Fsp3) is 0.0862. The van der Waals surface area contributed by atoms with Gasteiger partial charge in [-0.3, -0.25) is 0 Å². The standard InChI is InChI=1S/C58H43N5/c1-4-15-38(16-5-1)50-37-52(39-17-6-2-7-18-39)59-51-34-30-44-35-43(29-33-47(44)55(50)51)42-21-14-22-45(36-42)58-61-56(40-19-8-3-9-20-40)60-57(62-58)41-27-31-46(32-28-41)63-53-25-12-10-23-48(53)49-24-11-13-26-54(49)63/h1-27,30-37,41,43,52,59H,28-29H2. The highest BCUT2D eigenvalue weighted by atomic mass is 15.0. The molecule has 3 unspecified atom stereocenters. The maximum absolute atomic E-state index is 5.24. The van der Waals surface area contributed by atoms with Crippen molar-refractivity contribution in [3.63, 3.8) is 0 Å². The summed E-state index contributed by atoms with van der Waals surface area (Å²) in [6.07, 6.45) is 15.8. The van der Waals surface area contributed by atoms with Gasteiger partial charge in [0.2, 0.25) is 0 Å². The molecule has 5 nitrogen and oxygen atoms in total. The highest BCUT2D eigenvalue weighted by Crippen LogP contribution is 2.39. The smallest absolute Gasteiger partial charge is 0.163 e. The summed E-state index contributed by atoms with van der Waals surface area (Å²) in [7, 11) is 0. The van der Waals surface area contributed by atoms with E-state index in [1.807, 2.05) is 18.2 Å². The van der Waals surface area contributed by atoms with E-state index in [1.54, 1.807) is 0 Å². The number of fused-ring (bicyclic) bond motifs is 6. The van der Waals surface area contributed by atoms with Crippen LogP contribution in [0.15, 0.2) is 200 Å². The first-order chi connectivity index (χ1) is 31.2. The fourth-order valence-electron chi connectivity index (χ4n) is 9.81. The monoisotopic (exact) mass is 809 g/mol. The summed E-state index contributed by atoms with van der Waals surface area (Å²) in [5, 5.41) is 8.93. The van der Waals surface area contributed by atoms with E-state index in [2.05, 4.69) is 204 Å². The highest BCUT2D eigenvalue weighted by Gasteiger charge is 2.25. The number of nitrogens with zero attached hydrogens (tertiary/aromatic N) is 4. The van der Waals surface area contributed by atoms with Crippen LogP contribution in [-0.4, -0.2) is 19.5 Å². The SMILES string of the molecule is C1=CC(c2nc(-c3ccccc3)nc(-c3cccc(C4C=c5ccc6c(c5=CC4)C(c4ccccc4)=CC(c4ccccc4)N6)c3)n2)CC=C1n1c2ccccc2c2ccccc21. The molecule has 0 amide bonds. The van der Waals surface area contributed by atoms with Crippen LogP contribution in [0.4, 0.5) is 5.69 Å². The van der Waals surface area contributed by atoms with E-state index < -0.39 is 0 Å². The van der Waals surface area contributed by atoms with Crippen molar-refractivity contribution < 1.29 is 0 Å². The number of para-hydroxylation sites is 2. The largest absolute Gasteiger partial charge is 0.374 e. The zero-order valence-electron chi connectivity index (χ0n) is 34.6. The van der Waals surface area contributed by atoms with Crippen molar-refractivity contribution in [3.05, 3.63) is 239 Å². The van der Waals surface area contributed by atoms with Crippen LogP contribution in [0.1, 0.15) is 58.8 Å². The number of benzene rings is 7. The number of aromatic nitrogens is 4. The molecule has 3 atom stereocenters. The Bertz CT molecular complexity index is 3380. The fourth-order valence-corrected chi connectivity index (χ4v) is 9.81. The topological polar surface area (TPSA) is 55.6 Å². The summed E-state index contributed by atoms with van der Waals surface area (Å²) in [6.45, 7) is 0. The molecule has 2 aliphatic carbocycles. The Morgan fingerprint density at radius 1 is 0.508 bits per heavy atom. The van der Waals surface area contributed by atoms with Crippen LogP contribution in [0, 0.1) is 0 Å². The van der Waals surface area contributed by atoms with Gasteiger partial charge in [0.25, 0.3) is 0 Å². The van der Waals surface area contributed by atoms with Crippen LogP contribution in [0.5, 0.6) is 0 Å². The van der Waals surface area contributed by atoms with Crippen LogP contribution in [-0.2, 0) is 0 Å². The van der Waals surface area contributed by atoms with Gasteiger partial charge in [0.05, 0.1) is 17.1 Å². The van der Waals surface area contributed by atoms with E-state index in [0.717, 1.165) is 35.5 Å². The van der Waals surface area contributed by atoms with E-state index in [0.29, 0.717) is 11.6 Å². The van der Waals surface area contributed by atoms with Crippen LogP contribution < -0.4 is 15.8 Å². The second-order valence-electron chi connectivity index (χ2n) is 16.7. The zero-order valence-corrected chi connectivity index (χ0v) is 34.6. The van der Waals surface area contributed by atoms with Gasteiger partial charge < -0.3 is 9.88 Å². The maximum atomic E-state index is 5.24. The summed E-state index contributed by atoms with van der Waals surface area (Å²) >= 11 is 0. The summed E-state index contributed by atoms with van der Waals surface area (Å²) in [5.74, 6) is 2.37. The summed E-state index contributed by atoms with van der Waals surface area (Å²) < 4.78 is 2.38. The van der Waals surface area contributed by atoms with Crippen molar-refractivity contribution in [2.24, 2.45) is 0 Å². The Morgan fingerprint density at radius 2 is 1.13 bits per heavy atom. The van der Waals surface area contributed by atoms with Crippen molar-refractivity contribution >= 4 is 50.9 Å². The first-order valence-corrected chi connectivity index (χ1v) is 21.9. The van der Waals surface area contributed by atoms with Crippen molar-refractivity contribution in [2.75, 3.05) is 5.32 Å². The molecule has 9 aromatic rings. The molecule has 0 spiro atoms. The number of nitrogens with one attached hydrogen (secondary N) is 1. The molecule has 0 radical (unpaired) electrons. The average molecular weight is 810 g/mol. The summed E-state index contributed by atoms with van der Waals surface area (Å²) in [5.41, 5.74) is 13.0. The van der Waals surface area contributed by atoms with Crippen molar-refractivity contribution in [2.45, 2.75) is 30.7 Å². The Labute approximate surface area is 366 Å². The minimum absolute atomic E-state index is 0.00484. The minimum Gasteiger partial charge on any atom is -0.374 e. The third-order valence-corrected chi connectivity index (χ3v) is 12.9. The molecule has 3 aliphatic rings. The zero-order chi connectivity index (χ0) is 41.7. The van der Waals surface area contributed by atoms with Crippen molar-refractivity contribution in [3.8, 4) is 22.8 Å². The molecule has 12 rings (SSSR count). The van der Waals surface area contributed by atoms with Gasteiger partial charge >= 0.3 is 0 Å². The Kier molecular flexibility index (Phi) is 9.11. The van der Waals surface area contributed by atoms with Crippen LogP contribution in [0.2, 0.25) is 0 Å². The first-order valence-electron chi connectivity index (χ1n) is 21.9. The predicted molar refractivity (Wildman–Crippen MR) is 259 cm³/mol. The average Bonchev–Trinajstić information content (AvgIpc) is 3.71. The minimum atomic E-state index is 0.00484. The second-order valence-corrected chi connectivity index (χ2v) is 16.7. The lowest BCUT2D eigenvalue weighted by molar-refractivity contribution is 0.763. The molecule has 1 aliphatic heterocycles. The van der Waals surface area contributed by atoms with E-state index in [4.69, 9.17) is 15.0 Å². The molecule has 63 heavy (non-hydrogen) atoms. The highest BCUT2D eigenvalue weighted by molar-refractivity contribution is 6.10. The number of anilines is 1. The Hall–Kier alpha value is -7.89. The van der Waals surface area contributed by atoms with Crippen molar-refractivity contribution in [1.29, 1.82) is 0 Å². The molecule has 1 N–H and O–H groups in total. The lowest BCUT2D eigenvalue weighted by atomic mass is 9.84. The molecule has 3 heterocycles. The number of rotatable bonds is 7. The van der Waals surface area contributed by atoms with Gasteiger partial charge in [-0.25, -0.2) is 15.0 Å². The van der Waals surface area contributed by atoms with Crippen LogP contribution in [0.25, 0.3) is 68.0 Å². The van der Waals surface area contributed by atoms with Crippen LogP contribution >= 0.6 is 0 Å². The predicted octanol–water partition coefficient (Wildman–Crippen LogP) is 12.2. The molecule has 0 fully saturated rings. The molecule has 2 aromatic heterocycles. The molecule has 0 saturated heterocycles. The van der Waals surface area contributed by atoms with Gasteiger partial charge in [-0.1, -0.05) is 176 Å². The molecule has 300 valence electrons.